The van der Waals surface area contributed by atoms with Gasteiger partial charge in [-0.25, -0.2) is 4.98 Å². The lowest BCUT2D eigenvalue weighted by atomic mass is 9.95. The number of nitrogens with zero attached hydrogens (tertiary/aromatic N) is 2. The fourth-order valence-corrected chi connectivity index (χ4v) is 2.78. The van der Waals surface area contributed by atoms with Crippen molar-refractivity contribution in [1.82, 2.24) is 9.88 Å². The number of halogens is 1. The Balaban J connectivity index is 1.81. The molecule has 2 heterocycles. The Morgan fingerprint density at radius 1 is 1.48 bits per heavy atom. The summed E-state index contributed by atoms with van der Waals surface area (Å²) in [6.07, 6.45) is 3.65. The van der Waals surface area contributed by atoms with Gasteiger partial charge in [0.1, 0.15) is 5.82 Å². The smallest absolute Gasteiger partial charge is 0.303 e. The predicted octanol–water partition coefficient (Wildman–Crippen LogP) is 1.97. The molecule has 0 spiro atoms. The molecule has 1 aromatic heterocycles. The molecule has 2 rings (SSSR count). The van der Waals surface area contributed by atoms with E-state index in [4.69, 9.17) is 5.11 Å². The van der Waals surface area contributed by atoms with Gasteiger partial charge in [-0.15, -0.1) is 0 Å². The first kappa shape index (κ1) is 15.9. The number of aromatic nitrogens is 1. The number of anilines is 1. The van der Waals surface area contributed by atoms with E-state index in [1.54, 1.807) is 12.3 Å². The molecular formula is C14H18BrN3O3. The summed E-state index contributed by atoms with van der Waals surface area (Å²) in [5.74, 6) is -0.247. The molecule has 0 aliphatic carbocycles. The lowest BCUT2D eigenvalue weighted by molar-refractivity contribution is -0.138. The van der Waals surface area contributed by atoms with Crippen molar-refractivity contribution in [3.63, 3.8) is 0 Å². The molecule has 0 radical (unpaired) electrons. The number of likely N-dealkylation sites (tertiary alicyclic amines) is 1. The summed E-state index contributed by atoms with van der Waals surface area (Å²) in [6, 6.07) is 3.54. The van der Waals surface area contributed by atoms with Crippen LogP contribution in [0.25, 0.3) is 0 Å². The Labute approximate surface area is 131 Å². The molecule has 2 N–H and O–H groups in total. The maximum absolute atomic E-state index is 12.0. The minimum atomic E-state index is -0.773. The highest BCUT2D eigenvalue weighted by molar-refractivity contribution is 9.10. The highest BCUT2D eigenvalue weighted by atomic mass is 79.9. The SMILES string of the molecule is O=C(O)CC1CCCN(CC(=O)Nc2ccc(Br)cn2)C1. The first-order valence-electron chi connectivity index (χ1n) is 6.88. The molecule has 1 fully saturated rings. The van der Waals surface area contributed by atoms with E-state index in [0.29, 0.717) is 12.4 Å². The van der Waals surface area contributed by atoms with E-state index in [2.05, 4.69) is 26.2 Å². The van der Waals surface area contributed by atoms with Gasteiger partial charge in [0.05, 0.1) is 6.54 Å². The van der Waals surface area contributed by atoms with Crippen molar-refractivity contribution in [3.05, 3.63) is 22.8 Å². The largest absolute Gasteiger partial charge is 0.481 e. The minimum absolute atomic E-state index is 0.124. The van der Waals surface area contributed by atoms with Crippen LogP contribution in [0.2, 0.25) is 0 Å². The van der Waals surface area contributed by atoms with Crippen molar-refractivity contribution < 1.29 is 14.7 Å². The van der Waals surface area contributed by atoms with Crippen LogP contribution in [0.4, 0.5) is 5.82 Å². The van der Waals surface area contributed by atoms with Crippen molar-refractivity contribution >= 4 is 33.6 Å². The second-order valence-corrected chi connectivity index (χ2v) is 6.17. The van der Waals surface area contributed by atoms with Crippen molar-refractivity contribution in [2.45, 2.75) is 19.3 Å². The third kappa shape index (κ3) is 5.43. The molecule has 114 valence electrons. The van der Waals surface area contributed by atoms with Gasteiger partial charge in [-0.05, 0) is 53.4 Å². The van der Waals surface area contributed by atoms with Crippen LogP contribution in [0.5, 0.6) is 0 Å². The zero-order valence-corrected chi connectivity index (χ0v) is 13.2. The molecule has 1 saturated heterocycles. The van der Waals surface area contributed by atoms with Gasteiger partial charge in [-0.2, -0.15) is 0 Å². The van der Waals surface area contributed by atoms with E-state index in [0.717, 1.165) is 23.9 Å². The summed E-state index contributed by atoms with van der Waals surface area (Å²) < 4.78 is 0.855. The molecule has 7 heteroatoms. The van der Waals surface area contributed by atoms with Crippen LogP contribution < -0.4 is 5.32 Å². The van der Waals surface area contributed by atoms with Crippen LogP contribution in [0.15, 0.2) is 22.8 Å². The third-order valence-electron chi connectivity index (χ3n) is 3.43. The Morgan fingerprint density at radius 2 is 2.29 bits per heavy atom. The van der Waals surface area contributed by atoms with Crippen molar-refractivity contribution in [2.24, 2.45) is 5.92 Å². The number of carboxylic acids is 1. The van der Waals surface area contributed by atoms with Gasteiger partial charge in [-0.1, -0.05) is 0 Å². The molecule has 1 amide bonds. The first-order valence-corrected chi connectivity index (χ1v) is 7.68. The maximum atomic E-state index is 12.0. The zero-order valence-electron chi connectivity index (χ0n) is 11.6. The number of rotatable bonds is 5. The summed E-state index contributed by atoms with van der Waals surface area (Å²) >= 11 is 3.29. The number of amides is 1. The molecule has 0 bridgehead atoms. The van der Waals surface area contributed by atoms with Gasteiger partial charge in [-0.3, -0.25) is 14.5 Å². The Hall–Kier alpha value is -1.47. The number of aliphatic carboxylic acids is 1. The predicted molar refractivity (Wildman–Crippen MR) is 82.0 cm³/mol. The van der Waals surface area contributed by atoms with Crippen LogP contribution in [-0.4, -0.2) is 46.5 Å². The number of nitrogens with one attached hydrogen (secondary N) is 1. The lowest BCUT2D eigenvalue weighted by Gasteiger charge is -2.31. The molecule has 1 unspecified atom stereocenters. The summed E-state index contributed by atoms with van der Waals surface area (Å²) in [5.41, 5.74) is 0. The third-order valence-corrected chi connectivity index (χ3v) is 3.90. The van der Waals surface area contributed by atoms with E-state index in [9.17, 15) is 9.59 Å². The van der Waals surface area contributed by atoms with Crippen LogP contribution in [0.1, 0.15) is 19.3 Å². The minimum Gasteiger partial charge on any atom is -0.481 e. The highest BCUT2D eigenvalue weighted by Gasteiger charge is 2.23. The van der Waals surface area contributed by atoms with Crippen LogP contribution in [0, 0.1) is 5.92 Å². The van der Waals surface area contributed by atoms with Crippen molar-refractivity contribution in [3.8, 4) is 0 Å². The second-order valence-electron chi connectivity index (χ2n) is 5.25. The van der Waals surface area contributed by atoms with Gasteiger partial charge in [0.25, 0.3) is 0 Å². The average molecular weight is 356 g/mol. The van der Waals surface area contributed by atoms with Gasteiger partial charge in [0, 0.05) is 23.6 Å². The molecular weight excluding hydrogens is 338 g/mol. The quantitative estimate of drug-likeness (QED) is 0.843. The van der Waals surface area contributed by atoms with E-state index in [1.807, 2.05) is 11.0 Å². The maximum Gasteiger partial charge on any atom is 0.303 e. The summed E-state index contributed by atoms with van der Waals surface area (Å²) in [6.45, 7) is 1.76. The number of hydrogen-bond acceptors (Lipinski definition) is 4. The standard InChI is InChI=1S/C14H18BrN3O3/c15-11-3-4-12(16-7-11)17-13(19)9-18-5-1-2-10(8-18)6-14(20)21/h3-4,7,10H,1-2,5-6,8-9H2,(H,20,21)(H,16,17,19). The molecule has 21 heavy (non-hydrogen) atoms. The molecule has 1 atom stereocenters. The molecule has 6 nitrogen and oxygen atoms in total. The van der Waals surface area contributed by atoms with Crippen LogP contribution >= 0.6 is 15.9 Å². The number of pyridine rings is 1. The van der Waals surface area contributed by atoms with E-state index in [1.165, 1.54) is 0 Å². The Morgan fingerprint density at radius 3 is 2.95 bits per heavy atom. The normalized spacial score (nSPS) is 19.2. The average Bonchev–Trinajstić information content (AvgIpc) is 2.41. The van der Waals surface area contributed by atoms with E-state index >= 15 is 0 Å². The monoisotopic (exact) mass is 355 g/mol. The van der Waals surface area contributed by atoms with Gasteiger partial charge < -0.3 is 10.4 Å². The second kappa shape index (κ2) is 7.51. The number of carbonyl (C=O) groups is 2. The first-order chi connectivity index (χ1) is 10.0. The van der Waals surface area contributed by atoms with Crippen molar-refractivity contribution in [1.29, 1.82) is 0 Å². The van der Waals surface area contributed by atoms with E-state index in [-0.39, 0.29) is 24.8 Å². The zero-order chi connectivity index (χ0) is 15.2. The fraction of sp³-hybridized carbons (Fsp3) is 0.500. The van der Waals surface area contributed by atoms with E-state index < -0.39 is 5.97 Å². The summed E-state index contributed by atoms with van der Waals surface area (Å²) in [7, 11) is 0. The molecule has 0 saturated carbocycles. The van der Waals surface area contributed by atoms with Gasteiger partial charge >= 0.3 is 5.97 Å². The number of carbonyl (C=O) groups excluding carboxylic acids is 1. The Bertz CT molecular complexity index is 507. The topological polar surface area (TPSA) is 82.5 Å². The Kier molecular flexibility index (Phi) is 5.69. The van der Waals surface area contributed by atoms with Crippen LogP contribution in [-0.2, 0) is 9.59 Å². The van der Waals surface area contributed by atoms with Gasteiger partial charge in [0.15, 0.2) is 0 Å². The molecule has 0 aromatic carbocycles. The number of carboxylic acid groups (broad SMARTS) is 1. The van der Waals surface area contributed by atoms with Gasteiger partial charge in [0.2, 0.25) is 5.91 Å². The highest BCUT2D eigenvalue weighted by Crippen LogP contribution is 2.19. The summed E-state index contributed by atoms with van der Waals surface area (Å²) in [5, 5.41) is 11.6. The van der Waals surface area contributed by atoms with Crippen molar-refractivity contribution in [2.75, 3.05) is 25.0 Å². The molecule has 1 aliphatic heterocycles. The number of piperidine rings is 1. The van der Waals surface area contributed by atoms with Crippen LogP contribution in [0.3, 0.4) is 0 Å². The number of hydrogen-bond donors (Lipinski definition) is 2. The summed E-state index contributed by atoms with van der Waals surface area (Å²) in [4.78, 5) is 28.8. The fourth-order valence-electron chi connectivity index (χ4n) is 2.54. The molecule has 1 aromatic rings. The lowest BCUT2D eigenvalue weighted by Crippen LogP contribution is -2.41. The molecule has 1 aliphatic rings.